The van der Waals surface area contributed by atoms with Gasteiger partial charge in [-0.3, -0.25) is 0 Å². The fraction of sp³-hybridized carbons (Fsp3) is 0.375. The van der Waals surface area contributed by atoms with E-state index in [9.17, 15) is 20.4 Å². The number of hydrogen-bond acceptors (Lipinski definition) is 7. The van der Waals surface area contributed by atoms with E-state index in [0.717, 1.165) is 16.7 Å². The minimum atomic E-state index is -1.40. The Morgan fingerprint density at radius 3 is 2.44 bits per heavy atom. The second-order valence-electron chi connectivity index (χ2n) is 8.24. The lowest BCUT2D eigenvalue weighted by atomic mass is 9.89. The summed E-state index contributed by atoms with van der Waals surface area (Å²) in [4.78, 5) is 4.15. The molecule has 1 aliphatic rings. The molecule has 4 N–H and O–H groups in total. The Morgan fingerprint density at radius 1 is 1.03 bits per heavy atom. The van der Waals surface area contributed by atoms with Crippen LogP contribution in [0.4, 0.5) is 0 Å². The first kappa shape index (κ1) is 22.4. The number of aryl methyl sites for hydroxylation is 2. The molecular weight excluding hydrogens is 412 g/mol. The molecule has 32 heavy (non-hydrogen) atoms. The first-order valence-corrected chi connectivity index (χ1v) is 10.5. The molecule has 0 bridgehead atoms. The van der Waals surface area contributed by atoms with Crippen LogP contribution in [0.25, 0.3) is 0 Å². The Hall–Kier alpha value is -2.75. The smallest absolute Gasteiger partial charge is 0.237 e. The average Bonchev–Trinajstić information content (AvgIpc) is 3.20. The van der Waals surface area contributed by atoms with Gasteiger partial charge in [-0.1, -0.05) is 30.3 Å². The molecule has 0 spiro atoms. The first-order chi connectivity index (χ1) is 15.4. The molecule has 1 unspecified atom stereocenters. The molecule has 2 heterocycles. The molecular formula is C24H28N2O6. The monoisotopic (exact) mass is 440 g/mol. The minimum absolute atomic E-state index is 0.451. The average molecular weight is 440 g/mol. The van der Waals surface area contributed by atoms with Crippen LogP contribution in [-0.2, 0) is 18.2 Å². The quantitative estimate of drug-likeness (QED) is 0.460. The lowest BCUT2D eigenvalue weighted by Crippen LogP contribution is -2.55. The summed E-state index contributed by atoms with van der Waals surface area (Å²) >= 11 is 0. The zero-order chi connectivity index (χ0) is 22.8. The molecule has 4 rings (SSSR count). The van der Waals surface area contributed by atoms with Crippen molar-refractivity contribution >= 4 is 0 Å². The number of nitrogens with zero attached hydrogens (tertiary/aromatic N) is 2. The summed E-state index contributed by atoms with van der Waals surface area (Å²) in [6, 6.07) is 13.4. The lowest BCUT2D eigenvalue weighted by molar-refractivity contribution is -0.231. The van der Waals surface area contributed by atoms with Crippen LogP contribution in [-0.4, -0.2) is 61.0 Å². The molecule has 2 aromatic carbocycles. The van der Waals surface area contributed by atoms with Crippen molar-refractivity contribution in [1.82, 2.24) is 9.55 Å². The van der Waals surface area contributed by atoms with Crippen LogP contribution in [0.3, 0.4) is 0 Å². The fourth-order valence-electron chi connectivity index (χ4n) is 3.89. The zero-order valence-corrected chi connectivity index (χ0v) is 18.0. The van der Waals surface area contributed by atoms with Crippen LogP contribution in [0.15, 0.2) is 55.0 Å². The summed E-state index contributed by atoms with van der Waals surface area (Å²) in [6.45, 7) is 1.55. The Morgan fingerprint density at radius 2 is 1.78 bits per heavy atom. The number of aromatic nitrogens is 2. The fourth-order valence-corrected chi connectivity index (χ4v) is 3.89. The van der Waals surface area contributed by atoms with Gasteiger partial charge in [0.2, 0.25) is 5.88 Å². The maximum absolute atomic E-state index is 10.4. The van der Waals surface area contributed by atoms with Gasteiger partial charge in [-0.05, 0) is 47.7 Å². The number of imidazole rings is 1. The molecule has 1 aromatic heterocycles. The Balaban J connectivity index is 1.50. The third kappa shape index (κ3) is 4.69. The third-order valence-corrected chi connectivity index (χ3v) is 5.82. The van der Waals surface area contributed by atoms with Crippen molar-refractivity contribution in [2.75, 3.05) is 6.61 Å². The van der Waals surface area contributed by atoms with E-state index in [1.807, 2.05) is 61.0 Å². The van der Waals surface area contributed by atoms with Gasteiger partial charge in [0.1, 0.15) is 36.3 Å². The van der Waals surface area contributed by atoms with Gasteiger partial charge in [0.25, 0.3) is 0 Å². The van der Waals surface area contributed by atoms with E-state index in [-0.39, 0.29) is 0 Å². The zero-order valence-electron chi connectivity index (χ0n) is 18.0. The molecule has 0 radical (unpaired) electrons. The molecule has 0 aliphatic carbocycles. The van der Waals surface area contributed by atoms with E-state index < -0.39 is 37.1 Å². The van der Waals surface area contributed by atoms with Gasteiger partial charge in [0.15, 0.2) is 0 Å². The van der Waals surface area contributed by atoms with E-state index in [0.29, 0.717) is 23.6 Å². The molecule has 1 saturated heterocycles. The van der Waals surface area contributed by atoms with Crippen molar-refractivity contribution in [2.24, 2.45) is 7.05 Å². The Bertz CT molecular complexity index is 1050. The lowest BCUT2D eigenvalue weighted by Gasteiger charge is -2.40. The summed E-state index contributed by atoms with van der Waals surface area (Å²) in [6.07, 6.45) is -1.73. The van der Waals surface area contributed by atoms with Gasteiger partial charge in [-0.2, -0.15) is 0 Å². The minimum Gasteiger partial charge on any atom is -0.438 e. The molecule has 8 heteroatoms. The highest BCUT2D eigenvalue weighted by Crippen LogP contribution is 2.33. The van der Waals surface area contributed by atoms with Crippen molar-refractivity contribution in [3.63, 3.8) is 0 Å². The van der Waals surface area contributed by atoms with Crippen LogP contribution in [0.2, 0.25) is 0 Å². The summed E-state index contributed by atoms with van der Waals surface area (Å²) in [5.74, 6) is 1.22. The van der Waals surface area contributed by atoms with Crippen molar-refractivity contribution in [3.8, 4) is 11.6 Å². The molecule has 1 aliphatic heterocycles. The highest BCUT2D eigenvalue weighted by Gasteiger charge is 2.43. The number of benzene rings is 2. The normalized spacial score (nSPS) is 25.6. The van der Waals surface area contributed by atoms with Crippen LogP contribution in [0.5, 0.6) is 11.6 Å². The van der Waals surface area contributed by atoms with Gasteiger partial charge < -0.3 is 34.5 Å². The van der Waals surface area contributed by atoms with E-state index in [1.54, 1.807) is 12.5 Å². The van der Waals surface area contributed by atoms with Crippen LogP contribution in [0, 0.1) is 6.92 Å². The molecule has 170 valence electrons. The molecule has 0 saturated carbocycles. The van der Waals surface area contributed by atoms with Gasteiger partial charge in [0, 0.05) is 7.05 Å². The number of aliphatic hydroxyl groups is 4. The summed E-state index contributed by atoms with van der Waals surface area (Å²) in [5.41, 5.74) is 3.87. The third-order valence-electron chi connectivity index (χ3n) is 5.82. The van der Waals surface area contributed by atoms with E-state index >= 15 is 0 Å². The Labute approximate surface area is 186 Å². The molecule has 5 atom stereocenters. The largest absolute Gasteiger partial charge is 0.438 e. The predicted octanol–water partition coefficient (Wildman–Crippen LogP) is 1.63. The highest BCUT2D eigenvalue weighted by molar-refractivity contribution is 5.38. The summed E-state index contributed by atoms with van der Waals surface area (Å²) in [7, 11) is 1.88. The van der Waals surface area contributed by atoms with Crippen LogP contribution >= 0.6 is 0 Å². The van der Waals surface area contributed by atoms with Gasteiger partial charge in [0.05, 0.1) is 19.1 Å². The number of hydrogen-bond donors (Lipinski definition) is 4. The van der Waals surface area contributed by atoms with Crippen LogP contribution in [0.1, 0.15) is 28.4 Å². The Kier molecular flexibility index (Phi) is 6.59. The molecule has 0 amide bonds. The molecule has 8 nitrogen and oxygen atoms in total. The van der Waals surface area contributed by atoms with Crippen molar-refractivity contribution in [2.45, 2.75) is 43.9 Å². The van der Waals surface area contributed by atoms with Crippen molar-refractivity contribution in [1.29, 1.82) is 0 Å². The van der Waals surface area contributed by atoms with Gasteiger partial charge >= 0.3 is 0 Å². The summed E-state index contributed by atoms with van der Waals surface area (Å²) in [5, 5.41) is 40.0. The standard InChI is InChI=1S/C24H28N2O6/c1-14-3-6-16(24-23(30)22(29)21(28)19(12-27)32-24)10-17(14)9-15-4-7-18(8-5-15)31-20-11-26(2)13-25-20/h3-8,10-11,13,19,21-24,27-30H,9,12H2,1-2H3/t19-,21-,22?,23-,24+/m1/s1. The number of aliphatic hydroxyl groups excluding tert-OH is 4. The van der Waals surface area contributed by atoms with Gasteiger partial charge in [-0.15, -0.1) is 0 Å². The molecule has 3 aromatic rings. The van der Waals surface area contributed by atoms with Crippen molar-refractivity contribution < 1.29 is 29.9 Å². The van der Waals surface area contributed by atoms with E-state index in [4.69, 9.17) is 9.47 Å². The second-order valence-corrected chi connectivity index (χ2v) is 8.24. The van der Waals surface area contributed by atoms with Crippen molar-refractivity contribution in [3.05, 3.63) is 77.2 Å². The topological polar surface area (TPSA) is 117 Å². The van der Waals surface area contributed by atoms with E-state index in [1.165, 1.54) is 0 Å². The first-order valence-electron chi connectivity index (χ1n) is 10.5. The number of ether oxygens (including phenoxy) is 2. The van der Waals surface area contributed by atoms with E-state index in [2.05, 4.69) is 4.98 Å². The van der Waals surface area contributed by atoms with Crippen LogP contribution < -0.4 is 4.74 Å². The second kappa shape index (κ2) is 9.40. The maximum atomic E-state index is 10.4. The highest BCUT2D eigenvalue weighted by atomic mass is 16.5. The van der Waals surface area contributed by atoms with Gasteiger partial charge in [-0.25, -0.2) is 4.98 Å². The predicted molar refractivity (Wildman–Crippen MR) is 116 cm³/mol. The molecule has 1 fully saturated rings. The SMILES string of the molecule is Cc1ccc([C@@H]2O[C@H](CO)[C@@H](O)C(O)[C@H]2O)cc1Cc1ccc(Oc2cn(C)cn2)cc1. The summed E-state index contributed by atoms with van der Waals surface area (Å²) < 4.78 is 13.3. The number of rotatable bonds is 6. The maximum Gasteiger partial charge on any atom is 0.237 e.